The molecule has 0 aromatic heterocycles. The largest absolute Gasteiger partial charge is 0.393 e. The quantitative estimate of drug-likeness (QED) is 0.507. The second-order valence-electron chi connectivity index (χ2n) is 6.91. The molecule has 0 bridgehead atoms. The Kier molecular flexibility index (Phi) is 9.96. The fourth-order valence-corrected chi connectivity index (χ4v) is 5.85. The van der Waals surface area contributed by atoms with Crippen molar-refractivity contribution < 1.29 is 27.0 Å². The summed E-state index contributed by atoms with van der Waals surface area (Å²) in [5.74, 6) is 0. The molecule has 1 aliphatic carbocycles. The van der Waals surface area contributed by atoms with Crippen LogP contribution in [0.15, 0.2) is 67.3 Å². The van der Waals surface area contributed by atoms with Gasteiger partial charge in [0.25, 0.3) is 9.05 Å². The summed E-state index contributed by atoms with van der Waals surface area (Å²) in [7, 11) is -1.92. The van der Waals surface area contributed by atoms with E-state index >= 15 is 0 Å². The third kappa shape index (κ3) is 8.39. The van der Waals surface area contributed by atoms with Gasteiger partial charge in [0.15, 0.2) is 0 Å². The van der Waals surface area contributed by atoms with E-state index in [4.69, 9.17) is 20.9 Å². The van der Waals surface area contributed by atoms with Crippen LogP contribution >= 0.6 is 42.5 Å². The maximum atomic E-state index is 11.9. The molecule has 2 fully saturated rings. The SMILES string of the molecule is O=S(=O)(Cl)c1cccc(Br)c1.O=S(=O)(c1cccc(Br)c1)N1CC(O)C1.OC1CCC1. The van der Waals surface area contributed by atoms with Crippen molar-refractivity contribution in [1.29, 1.82) is 0 Å². The molecule has 2 aliphatic rings. The predicted octanol–water partition coefficient (Wildman–Crippen LogP) is 3.72. The summed E-state index contributed by atoms with van der Waals surface area (Å²) in [6, 6.07) is 12.8. The maximum Gasteiger partial charge on any atom is 0.261 e. The molecule has 0 spiro atoms. The molecule has 12 heteroatoms. The highest BCUT2D eigenvalue weighted by molar-refractivity contribution is 9.10. The lowest BCUT2D eigenvalue weighted by Gasteiger charge is -2.34. The molecule has 0 unspecified atom stereocenters. The molecule has 1 heterocycles. The summed E-state index contributed by atoms with van der Waals surface area (Å²) in [6.07, 6.45) is 2.86. The van der Waals surface area contributed by atoms with Gasteiger partial charge in [0.2, 0.25) is 10.0 Å². The van der Waals surface area contributed by atoms with Crippen LogP contribution in [0.1, 0.15) is 19.3 Å². The number of aliphatic hydroxyl groups is 2. The van der Waals surface area contributed by atoms with Gasteiger partial charge in [-0.2, -0.15) is 4.31 Å². The van der Waals surface area contributed by atoms with E-state index in [1.165, 1.54) is 22.9 Å². The monoisotopic (exact) mass is 617 g/mol. The molecule has 172 valence electrons. The molecular formula is C19H22Br2ClNO6S2. The van der Waals surface area contributed by atoms with Crippen LogP contribution < -0.4 is 0 Å². The van der Waals surface area contributed by atoms with Crippen molar-refractivity contribution in [2.45, 2.75) is 41.3 Å². The molecule has 0 amide bonds. The molecule has 1 saturated carbocycles. The first-order chi connectivity index (χ1) is 14.4. The summed E-state index contributed by atoms with van der Waals surface area (Å²) in [5, 5.41) is 17.5. The van der Waals surface area contributed by atoms with Crippen molar-refractivity contribution in [1.82, 2.24) is 4.31 Å². The Labute approximate surface area is 203 Å². The predicted molar refractivity (Wildman–Crippen MR) is 126 cm³/mol. The lowest BCUT2D eigenvalue weighted by atomic mass is 9.97. The van der Waals surface area contributed by atoms with Gasteiger partial charge in [-0.1, -0.05) is 44.0 Å². The topological polar surface area (TPSA) is 112 Å². The third-order valence-corrected chi connectivity index (χ3v) is 8.58. The zero-order chi connectivity index (χ0) is 23.2. The van der Waals surface area contributed by atoms with E-state index in [0.29, 0.717) is 4.47 Å². The van der Waals surface area contributed by atoms with Crippen molar-refractivity contribution in [3.8, 4) is 0 Å². The van der Waals surface area contributed by atoms with Gasteiger partial charge in [-0.05, 0) is 55.7 Å². The van der Waals surface area contributed by atoms with Gasteiger partial charge in [-0.3, -0.25) is 0 Å². The van der Waals surface area contributed by atoms with Crippen LogP contribution in [0, 0.1) is 0 Å². The van der Waals surface area contributed by atoms with Gasteiger partial charge in [0.05, 0.1) is 22.0 Å². The van der Waals surface area contributed by atoms with Crippen molar-refractivity contribution >= 4 is 61.6 Å². The van der Waals surface area contributed by atoms with E-state index in [9.17, 15) is 16.8 Å². The standard InChI is InChI=1S/C9H10BrNO3S.C6H4BrClO2S.C4H8O/c10-7-2-1-3-9(4-7)15(13,14)11-5-8(12)6-11;7-5-2-1-3-6(4-5)11(8,9)10;5-4-2-1-3-4/h1-4,8,12H,5-6H2;1-4H;4-5H,1-3H2. The maximum absolute atomic E-state index is 11.9. The molecule has 1 aliphatic heterocycles. The highest BCUT2D eigenvalue weighted by Gasteiger charge is 2.35. The number of aliphatic hydroxyl groups excluding tert-OH is 2. The van der Waals surface area contributed by atoms with E-state index in [0.717, 1.165) is 17.3 Å². The number of sulfonamides is 1. The lowest BCUT2D eigenvalue weighted by molar-refractivity contribution is 0.0548. The fraction of sp³-hybridized carbons (Fsp3) is 0.368. The van der Waals surface area contributed by atoms with E-state index in [-0.39, 0.29) is 29.0 Å². The number of hydrogen-bond donors (Lipinski definition) is 2. The van der Waals surface area contributed by atoms with Crippen LogP contribution in [0.5, 0.6) is 0 Å². The van der Waals surface area contributed by atoms with Crippen LogP contribution in [0.3, 0.4) is 0 Å². The normalized spacial score (nSPS) is 17.3. The van der Waals surface area contributed by atoms with E-state index in [1.54, 1.807) is 36.4 Å². The third-order valence-electron chi connectivity index (χ3n) is 4.41. The van der Waals surface area contributed by atoms with Crippen molar-refractivity contribution in [2.24, 2.45) is 0 Å². The lowest BCUT2D eigenvalue weighted by Crippen LogP contribution is -2.53. The summed E-state index contributed by atoms with van der Waals surface area (Å²) in [4.78, 5) is 0.359. The average molecular weight is 620 g/mol. The van der Waals surface area contributed by atoms with Gasteiger partial charge >= 0.3 is 0 Å². The average Bonchev–Trinajstić information content (AvgIpc) is 2.64. The number of rotatable bonds is 3. The molecular weight excluding hydrogens is 598 g/mol. The van der Waals surface area contributed by atoms with E-state index in [2.05, 4.69) is 31.9 Å². The molecule has 7 nitrogen and oxygen atoms in total. The van der Waals surface area contributed by atoms with Crippen molar-refractivity contribution in [3.05, 3.63) is 57.5 Å². The minimum absolute atomic E-state index is 0.0648. The van der Waals surface area contributed by atoms with Crippen LogP contribution in [0.2, 0.25) is 0 Å². The summed E-state index contributed by atoms with van der Waals surface area (Å²) < 4.78 is 48.0. The van der Waals surface area contributed by atoms with Crippen molar-refractivity contribution in [3.63, 3.8) is 0 Å². The molecule has 0 radical (unpaired) electrons. The number of hydrogen-bond acceptors (Lipinski definition) is 6. The molecule has 2 N–H and O–H groups in total. The Morgan fingerprint density at radius 1 is 0.839 bits per heavy atom. The Morgan fingerprint density at radius 2 is 1.29 bits per heavy atom. The van der Waals surface area contributed by atoms with Crippen LogP contribution in [-0.2, 0) is 19.1 Å². The number of halogens is 3. The second kappa shape index (κ2) is 11.6. The zero-order valence-corrected chi connectivity index (χ0v) is 21.8. The first kappa shape index (κ1) is 26.7. The fourth-order valence-electron chi connectivity index (χ4n) is 2.39. The minimum atomic E-state index is -3.58. The smallest absolute Gasteiger partial charge is 0.261 e. The molecule has 31 heavy (non-hydrogen) atoms. The Hall–Kier alpha value is -0.530. The summed E-state index contributed by atoms with van der Waals surface area (Å²) in [6.45, 7) is 0.379. The van der Waals surface area contributed by atoms with E-state index < -0.39 is 25.2 Å². The first-order valence-electron chi connectivity index (χ1n) is 9.21. The van der Waals surface area contributed by atoms with Gasteiger partial charge in [0.1, 0.15) is 0 Å². The van der Waals surface area contributed by atoms with Crippen LogP contribution in [0.4, 0.5) is 0 Å². The van der Waals surface area contributed by atoms with Crippen molar-refractivity contribution in [2.75, 3.05) is 13.1 Å². The zero-order valence-electron chi connectivity index (χ0n) is 16.2. The highest BCUT2D eigenvalue weighted by Crippen LogP contribution is 2.23. The number of benzene rings is 2. The first-order valence-corrected chi connectivity index (χ1v) is 14.5. The Bertz CT molecular complexity index is 1090. The second-order valence-corrected chi connectivity index (χ2v) is 13.2. The molecule has 2 aromatic rings. The van der Waals surface area contributed by atoms with Gasteiger partial charge in [0, 0.05) is 32.7 Å². The van der Waals surface area contributed by atoms with Gasteiger partial charge < -0.3 is 10.2 Å². The Balaban J connectivity index is 0.000000186. The minimum Gasteiger partial charge on any atom is -0.393 e. The highest BCUT2D eigenvalue weighted by atomic mass is 79.9. The number of nitrogens with zero attached hydrogens (tertiary/aromatic N) is 1. The van der Waals surface area contributed by atoms with Gasteiger partial charge in [-0.15, -0.1) is 0 Å². The van der Waals surface area contributed by atoms with Crippen LogP contribution in [0.25, 0.3) is 0 Å². The molecule has 4 rings (SSSR count). The van der Waals surface area contributed by atoms with Gasteiger partial charge in [-0.25, -0.2) is 16.8 Å². The van der Waals surface area contributed by atoms with E-state index in [1.807, 2.05) is 0 Å². The Morgan fingerprint density at radius 3 is 1.61 bits per heavy atom. The summed E-state index contributed by atoms with van der Waals surface area (Å²) in [5.41, 5.74) is 0. The van der Waals surface area contributed by atoms with Crippen LogP contribution in [-0.4, -0.2) is 56.7 Å². The number of β-amino-alcohol motifs (C(OH)–C–C–N with tert-alkyl or cyclic N) is 1. The molecule has 2 aromatic carbocycles. The summed E-state index contributed by atoms with van der Waals surface area (Å²) >= 11 is 6.35. The molecule has 1 saturated heterocycles. The molecule has 0 atom stereocenters.